The van der Waals surface area contributed by atoms with E-state index in [9.17, 15) is 0 Å². The van der Waals surface area contributed by atoms with Gasteiger partial charge in [0.15, 0.2) is 0 Å². The number of ether oxygens (including phenoxy) is 1. The van der Waals surface area contributed by atoms with E-state index in [0.29, 0.717) is 12.1 Å². The fourth-order valence-electron chi connectivity index (χ4n) is 2.58. The minimum Gasteiger partial charge on any atom is -0.375 e. The molecule has 0 radical (unpaired) electrons. The van der Waals surface area contributed by atoms with Gasteiger partial charge >= 0.3 is 0 Å². The van der Waals surface area contributed by atoms with Gasteiger partial charge in [0.05, 0.1) is 18.8 Å². The van der Waals surface area contributed by atoms with Crippen molar-refractivity contribution in [3.63, 3.8) is 0 Å². The lowest BCUT2D eigenvalue weighted by atomic mass is 10.1. The largest absolute Gasteiger partial charge is 0.375 e. The number of pyridine rings is 1. The number of aromatic nitrogens is 1. The summed E-state index contributed by atoms with van der Waals surface area (Å²) >= 11 is 0. The van der Waals surface area contributed by atoms with Crippen molar-refractivity contribution in [3.05, 3.63) is 23.9 Å². The Hall–Kier alpha value is -1.13. The van der Waals surface area contributed by atoms with E-state index in [4.69, 9.17) is 4.74 Å². The normalized spacial score (nSPS) is 23.4. The van der Waals surface area contributed by atoms with Crippen LogP contribution in [0.25, 0.3) is 0 Å². The van der Waals surface area contributed by atoms with Crippen LogP contribution in [0.2, 0.25) is 0 Å². The van der Waals surface area contributed by atoms with Gasteiger partial charge in [-0.3, -0.25) is 0 Å². The molecule has 0 aliphatic carbocycles. The van der Waals surface area contributed by atoms with Gasteiger partial charge in [-0.15, -0.1) is 0 Å². The van der Waals surface area contributed by atoms with Crippen molar-refractivity contribution in [3.8, 4) is 0 Å². The first-order valence-corrected chi connectivity index (χ1v) is 7.67. The molecule has 0 saturated carbocycles. The van der Waals surface area contributed by atoms with Gasteiger partial charge in [0.25, 0.3) is 0 Å². The Labute approximate surface area is 122 Å². The van der Waals surface area contributed by atoms with Gasteiger partial charge in [-0.25, -0.2) is 4.98 Å². The number of morpholine rings is 1. The summed E-state index contributed by atoms with van der Waals surface area (Å²) in [7, 11) is 0. The number of rotatable bonds is 5. The topological polar surface area (TPSA) is 37.4 Å². The van der Waals surface area contributed by atoms with Crippen LogP contribution in [0.5, 0.6) is 0 Å². The third-order valence-electron chi connectivity index (χ3n) is 3.78. The highest BCUT2D eigenvalue weighted by atomic mass is 16.5. The van der Waals surface area contributed by atoms with E-state index in [0.717, 1.165) is 31.9 Å². The average Bonchev–Trinajstić information content (AvgIpc) is 2.45. The number of hydrogen-bond acceptors (Lipinski definition) is 4. The molecule has 2 unspecified atom stereocenters. The smallest absolute Gasteiger partial charge is 0.133 e. The Balaban J connectivity index is 2.20. The fourth-order valence-corrected chi connectivity index (χ4v) is 2.58. The SMILES string of the molecule is CCC1COC(C)CN1c1ncccc1CNC(C)C. The number of anilines is 1. The lowest BCUT2D eigenvalue weighted by molar-refractivity contribution is 0.0295. The van der Waals surface area contributed by atoms with Crippen LogP contribution in [0.4, 0.5) is 5.82 Å². The van der Waals surface area contributed by atoms with Gasteiger partial charge in [0, 0.05) is 30.9 Å². The highest BCUT2D eigenvalue weighted by Crippen LogP contribution is 2.25. The highest BCUT2D eigenvalue weighted by Gasteiger charge is 2.27. The van der Waals surface area contributed by atoms with Crippen LogP contribution in [-0.4, -0.2) is 36.3 Å². The summed E-state index contributed by atoms with van der Waals surface area (Å²) in [5.41, 5.74) is 1.27. The van der Waals surface area contributed by atoms with Crippen LogP contribution in [0, 0.1) is 0 Å². The summed E-state index contributed by atoms with van der Waals surface area (Å²) in [4.78, 5) is 7.07. The van der Waals surface area contributed by atoms with Crippen molar-refractivity contribution < 1.29 is 4.74 Å². The summed E-state index contributed by atoms with van der Waals surface area (Å²) in [5.74, 6) is 1.11. The first kappa shape index (κ1) is 15.3. The number of nitrogens with zero attached hydrogens (tertiary/aromatic N) is 2. The van der Waals surface area contributed by atoms with E-state index in [1.54, 1.807) is 0 Å². The van der Waals surface area contributed by atoms with Gasteiger partial charge in [0.1, 0.15) is 5.82 Å². The molecule has 4 heteroatoms. The van der Waals surface area contributed by atoms with E-state index in [2.05, 4.69) is 49.0 Å². The van der Waals surface area contributed by atoms with Crippen LogP contribution in [0.1, 0.15) is 39.7 Å². The predicted molar refractivity (Wildman–Crippen MR) is 83.1 cm³/mol. The van der Waals surface area contributed by atoms with Gasteiger partial charge in [-0.05, 0) is 19.4 Å². The lowest BCUT2D eigenvalue weighted by Crippen LogP contribution is -2.49. The Kier molecular flexibility index (Phi) is 5.38. The van der Waals surface area contributed by atoms with Crippen LogP contribution in [0.15, 0.2) is 18.3 Å². The predicted octanol–water partition coefficient (Wildman–Crippen LogP) is 2.58. The van der Waals surface area contributed by atoms with E-state index in [1.165, 1.54) is 5.56 Å². The molecule has 1 aliphatic heterocycles. The monoisotopic (exact) mass is 277 g/mol. The van der Waals surface area contributed by atoms with Crippen molar-refractivity contribution in [2.45, 2.75) is 58.8 Å². The molecule has 0 aromatic carbocycles. The summed E-state index contributed by atoms with van der Waals surface area (Å²) in [6.07, 6.45) is 3.24. The molecule has 112 valence electrons. The van der Waals surface area contributed by atoms with Gasteiger partial charge < -0.3 is 15.0 Å². The standard InChI is InChI=1S/C16H27N3O/c1-5-15-11-20-13(4)10-19(15)16-14(7-6-8-17-16)9-18-12(2)3/h6-8,12-13,15,18H,5,9-11H2,1-4H3. The van der Waals surface area contributed by atoms with Crippen molar-refractivity contribution >= 4 is 5.82 Å². The Morgan fingerprint density at radius 1 is 1.50 bits per heavy atom. The zero-order chi connectivity index (χ0) is 14.5. The maximum atomic E-state index is 5.79. The molecule has 1 aromatic heterocycles. The molecule has 1 aromatic rings. The van der Waals surface area contributed by atoms with Gasteiger partial charge in [-0.2, -0.15) is 0 Å². The Bertz CT molecular complexity index is 422. The first-order chi connectivity index (χ1) is 9.61. The van der Waals surface area contributed by atoms with Gasteiger partial charge in [-0.1, -0.05) is 26.8 Å². The third kappa shape index (κ3) is 3.70. The summed E-state index contributed by atoms with van der Waals surface area (Å²) in [6.45, 7) is 11.3. The van der Waals surface area contributed by atoms with Crippen LogP contribution >= 0.6 is 0 Å². The fraction of sp³-hybridized carbons (Fsp3) is 0.688. The van der Waals surface area contributed by atoms with Crippen molar-refractivity contribution in [1.82, 2.24) is 10.3 Å². The molecule has 4 nitrogen and oxygen atoms in total. The zero-order valence-electron chi connectivity index (χ0n) is 13.1. The van der Waals surface area contributed by atoms with Crippen molar-refractivity contribution in [2.24, 2.45) is 0 Å². The Morgan fingerprint density at radius 2 is 2.30 bits per heavy atom. The minimum absolute atomic E-state index is 0.269. The van der Waals surface area contributed by atoms with Crippen molar-refractivity contribution in [2.75, 3.05) is 18.1 Å². The second-order valence-corrected chi connectivity index (χ2v) is 5.88. The Morgan fingerprint density at radius 3 is 3.00 bits per heavy atom. The third-order valence-corrected chi connectivity index (χ3v) is 3.78. The summed E-state index contributed by atoms with van der Waals surface area (Å²) in [6, 6.07) is 5.10. The lowest BCUT2D eigenvalue weighted by Gasteiger charge is -2.40. The molecule has 20 heavy (non-hydrogen) atoms. The molecule has 1 N–H and O–H groups in total. The van der Waals surface area contributed by atoms with Crippen LogP contribution in [-0.2, 0) is 11.3 Å². The summed E-state index contributed by atoms with van der Waals surface area (Å²) < 4.78 is 5.79. The minimum atomic E-state index is 0.269. The van der Waals surface area contributed by atoms with E-state index in [-0.39, 0.29) is 6.10 Å². The first-order valence-electron chi connectivity index (χ1n) is 7.67. The zero-order valence-corrected chi connectivity index (χ0v) is 13.1. The molecule has 2 heterocycles. The van der Waals surface area contributed by atoms with Crippen LogP contribution < -0.4 is 10.2 Å². The maximum absolute atomic E-state index is 5.79. The molecule has 2 rings (SSSR count). The second-order valence-electron chi connectivity index (χ2n) is 5.88. The average molecular weight is 277 g/mol. The highest BCUT2D eigenvalue weighted by molar-refractivity contribution is 5.48. The van der Waals surface area contributed by atoms with Crippen LogP contribution in [0.3, 0.4) is 0 Å². The quantitative estimate of drug-likeness (QED) is 0.897. The maximum Gasteiger partial charge on any atom is 0.133 e. The number of hydrogen-bond donors (Lipinski definition) is 1. The van der Waals surface area contributed by atoms with E-state index >= 15 is 0 Å². The second kappa shape index (κ2) is 7.04. The van der Waals surface area contributed by atoms with E-state index in [1.807, 2.05) is 12.3 Å². The molecular formula is C16H27N3O. The van der Waals surface area contributed by atoms with Gasteiger partial charge in [0.2, 0.25) is 0 Å². The molecule has 1 fully saturated rings. The molecule has 1 saturated heterocycles. The molecule has 2 atom stereocenters. The molecular weight excluding hydrogens is 250 g/mol. The molecule has 1 aliphatic rings. The van der Waals surface area contributed by atoms with Crippen molar-refractivity contribution in [1.29, 1.82) is 0 Å². The molecule has 0 amide bonds. The number of nitrogens with one attached hydrogen (secondary N) is 1. The molecule has 0 spiro atoms. The summed E-state index contributed by atoms with van der Waals surface area (Å²) in [5, 5.41) is 3.49. The van der Waals surface area contributed by atoms with E-state index < -0.39 is 0 Å². The molecule has 0 bridgehead atoms.